The van der Waals surface area contributed by atoms with Gasteiger partial charge in [0.25, 0.3) is 0 Å². The molecule has 4 aromatic rings. The summed E-state index contributed by atoms with van der Waals surface area (Å²) in [5.41, 5.74) is 2.29. The summed E-state index contributed by atoms with van der Waals surface area (Å²) in [6, 6.07) is 24.4. The fraction of sp³-hybridized carbons (Fsp3) is 0.179. The molecule has 0 saturated heterocycles. The number of aromatic nitrogens is 2. The van der Waals surface area contributed by atoms with Gasteiger partial charge in [0.05, 0.1) is 30.6 Å². The molecule has 0 spiro atoms. The van der Waals surface area contributed by atoms with Gasteiger partial charge in [-0.05, 0) is 43.3 Å². The third kappa shape index (κ3) is 6.73. The smallest absolute Gasteiger partial charge is 0.248 e. The lowest BCUT2D eigenvalue weighted by Crippen LogP contribution is -2.30. The quantitative estimate of drug-likeness (QED) is 0.340. The lowest BCUT2D eigenvalue weighted by atomic mass is 10.2. The summed E-state index contributed by atoms with van der Waals surface area (Å²) in [7, 11) is 1.69. The van der Waals surface area contributed by atoms with Gasteiger partial charge < -0.3 is 19.7 Å². The molecule has 0 bridgehead atoms. The first-order valence-corrected chi connectivity index (χ1v) is 11.6. The average Bonchev–Trinajstić information content (AvgIpc) is 3.32. The predicted octanol–water partition coefficient (Wildman–Crippen LogP) is 5.05. The Hall–Kier alpha value is -4.59. The number of benzene rings is 3. The van der Waals surface area contributed by atoms with Gasteiger partial charge in [0.1, 0.15) is 18.0 Å². The number of hydrogen-bond donors (Lipinski definition) is 1. The van der Waals surface area contributed by atoms with E-state index in [4.69, 9.17) is 9.47 Å². The van der Waals surface area contributed by atoms with E-state index in [0.717, 1.165) is 5.56 Å². The van der Waals surface area contributed by atoms with E-state index in [2.05, 4.69) is 10.4 Å². The summed E-state index contributed by atoms with van der Waals surface area (Å²) < 4.78 is 13.1. The first-order valence-electron chi connectivity index (χ1n) is 11.6. The Morgan fingerprint density at radius 3 is 2.44 bits per heavy atom. The van der Waals surface area contributed by atoms with Gasteiger partial charge in [-0.25, -0.2) is 0 Å². The normalized spacial score (nSPS) is 10.5. The van der Waals surface area contributed by atoms with Crippen LogP contribution in [0.5, 0.6) is 17.2 Å². The number of aryl methyl sites for hydroxylation is 1. The lowest BCUT2D eigenvalue weighted by molar-refractivity contribution is -0.119. The van der Waals surface area contributed by atoms with Crippen LogP contribution in [0.3, 0.4) is 0 Å². The van der Waals surface area contributed by atoms with Crippen molar-refractivity contribution < 1.29 is 19.1 Å². The predicted molar refractivity (Wildman–Crippen MR) is 139 cm³/mol. The Morgan fingerprint density at radius 2 is 1.67 bits per heavy atom. The highest BCUT2D eigenvalue weighted by Crippen LogP contribution is 2.32. The van der Waals surface area contributed by atoms with E-state index < -0.39 is 0 Å². The van der Waals surface area contributed by atoms with Crippen LogP contribution in [-0.2, 0) is 16.1 Å². The molecule has 2 amide bonds. The number of ether oxygens (including phenoxy) is 2. The maximum absolute atomic E-state index is 13.0. The zero-order chi connectivity index (χ0) is 25.3. The summed E-state index contributed by atoms with van der Waals surface area (Å²) in [6.07, 6.45) is 3.33. The van der Waals surface area contributed by atoms with E-state index in [9.17, 15) is 9.59 Å². The van der Waals surface area contributed by atoms with E-state index in [1.54, 1.807) is 13.2 Å². The number of rotatable bonds is 10. The van der Waals surface area contributed by atoms with E-state index in [1.807, 2.05) is 85.8 Å². The van der Waals surface area contributed by atoms with Crippen molar-refractivity contribution >= 4 is 23.2 Å². The van der Waals surface area contributed by atoms with Gasteiger partial charge >= 0.3 is 0 Å². The van der Waals surface area contributed by atoms with Crippen LogP contribution in [0, 0.1) is 6.92 Å². The zero-order valence-corrected chi connectivity index (χ0v) is 20.3. The van der Waals surface area contributed by atoms with Crippen LogP contribution >= 0.6 is 0 Å². The molecule has 0 aliphatic rings. The average molecular weight is 485 g/mol. The van der Waals surface area contributed by atoms with E-state index in [-0.39, 0.29) is 31.4 Å². The van der Waals surface area contributed by atoms with Crippen LogP contribution < -0.4 is 19.7 Å². The molecule has 0 fully saturated rings. The molecule has 1 heterocycles. The molecule has 1 aromatic heterocycles. The van der Waals surface area contributed by atoms with Crippen LogP contribution in [0.15, 0.2) is 91.3 Å². The maximum atomic E-state index is 13.0. The van der Waals surface area contributed by atoms with Crippen molar-refractivity contribution in [3.8, 4) is 17.2 Å². The highest BCUT2D eigenvalue weighted by atomic mass is 16.5. The summed E-state index contributed by atoms with van der Waals surface area (Å²) in [5.74, 6) is 1.59. The number of carbonyl (C=O) groups is 2. The molecule has 4 rings (SSSR count). The van der Waals surface area contributed by atoms with E-state index in [1.165, 1.54) is 15.8 Å². The van der Waals surface area contributed by atoms with Crippen LogP contribution in [0.25, 0.3) is 0 Å². The molecule has 0 saturated carbocycles. The van der Waals surface area contributed by atoms with Crippen LogP contribution in [0.4, 0.5) is 11.4 Å². The molecule has 0 atom stereocenters. The minimum Gasteiger partial charge on any atom is -0.493 e. The fourth-order valence-electron chi connectivity index (χ4n) is 3.45. The second-order valence-corrected chi connectivity index (χ2v) is 8.22. The van der Waals surface area contributed by atoms with Gasteiger partial charge in [-0.3, -0.25) is 14.3 Å². The summed E-state index contributed by atoms with van der Waals surface area (Å²) in [5, 5.41) is 6.98. The van der Waals surface area contributed by atoms with Crippen LogP contribution in [0.1, 0.15) is 12.0 Å². The third-order valence-electron chi connectivity index (χ3n) is 5.40. The van der Waals surface area contributed by atoms with Crippen molar-refractivity contribution in [2.24, 2.45) is 0 Å². The number of anilines is 2. The number of para-hydroxylation sites is 3. The Morgan fingerprint density at radius 1 is 0.944 bits per heavy atom. The van der Waals surface area contributed by atoms with Crippen molar-refractivity contribution in [3.63, 3.8) is 0 Å². The molecule has 184 valence electrons. The molecule has 0 radical (unpaired) electrons. The van der Waals surface area contributed by atoms with Gasteiger partial charge in [-0.15, -0.1) is 0 Å². The van der Waals surface area contributed by atoms with Gasteiger partial charge in [0, 0.05) is 13.2 Å². The molecule has 0 unspecified atom stereocenters. The highest BCUT2D eigenvalue weighted by Gasteiger charge is 2.17. The van der Waals surface area contributed by atoms with Gasteiger partial charge in [0.2, 0.25) is 11.8 Å². The van der Waals surface area contributed by atoms with Gasteiger partial charge in [-0.2, -0.15) is 5.10 Å². The van der Waals surface area contributed by atoms with Gasteiger partial charge in [0.15, 0.2) is 5.75 Å². The summed E-state index contributed by atoms with van der Waals surface area (Å²) in [6.45, 7) is 2.27. The number of hydrogen-bond acceptors (Lipinski definition) is 5. The number of nitrogens with zero attached hydrogens (tertiary/aromatic N) is 3. The molecule has 1 N–H and O–H groups in total. The third-order valence-corrected chi connectivity index (χ3v) is 5.40. The van der Waals surface area contributed by atoms with Crippen molar-refractivity contribution in [3.05, 3.63) is 96.8 Å². The topological polar surface area (TPSA) is 85.7 Å². The minimum absolute atomic E-state index is 0.00234. The fourth-order valence-corrected chi connectivity index (χ4v) is 3.45. The first-order chi connectivity index (χ1) is 17.5. The van der Waals surface area contributed by atoms with E-state index in [0.29, 0.717) is 28.6 Å². The second-order valence-electron chi connectivity index (χ2n) is 8.22. The number of likely N-dealkylation sites (N-methyl/N-ethyl adjacent to an activating group) is 1. The second kappa shape index (κ2) is 11.7. The van der Waals surface area contributed by atoms with Crippen LogP contribution in [0.2, 0.25) is 0 Å². The summed E-state index contributed by atoms with van der Waals surface area (Å²) in [4.78, 5) is 26.7. The van der Waals surface area contributed by atoms with Crippen molar-refractivity contribution in [1.82, 2.24) is 9.78 Å². The lowest BCUT2D eigenvalue weighted by Gasteiger charge is -2.20. The molecule has 36 heavy (non-hydrogen) atoms. The first kappa shape index (κ1) is 24.5. The van der Waals surface area contributed by atoms with Gasteiger partial charge in [-0.1, -0.05) is 48.0 Å². The highest BCUT2D eigenvalue weighted by molar-refractivity contribution is 5.94. The Balaban J connectivity index is 1.31. The Bertz CT molecular complexity index is 1300. The largest absolute Gasteiger partial charge is 0.493 e. The Labute approximate surface area is 210 Å². The molecular weight excluding hydrogens is 456 g/mol. The number of carbonyl (C=O) groups excluding carboxylic acids is 2. The summed E-state index contributed by atoms with van der Waals surface area (Å²) >= 11 is 0. The van der Waals surface area contributed by atoms with E-state index >= 15 is 0 Å². The molecule has 3 aromatic carbocycles. The Kier molecular flexibility index (Phi) is 7.97. The zero-order valence-electron chi connectivity index (χ0n) is 20.3. The van der Waals surface area contributed by atoms with Crippen LogP contribution in [-0.4, -0.2) is 35.2 Å². The molecule has 8 heteroatoms. The molecular formula is C28H28N4O4. The van der Waals surface area contributed by atoms with Crippen molar-refractivity contribution in [2.75, 3.05) is 23.9 Å². The molecule has 0 aliphatic heterocycles. The van der Waals surface area contributed by atoms with Crippen molar-refractivity contribution in [2.45, 2.75) is 19.9 Å². The maximum Gasteiger partial charge on any atom is 0.248 e. The standard InChI is InChI=1S/C28H28N4O4/c1-21-12-14-24(15-13-21)36-26-11-7-6-10-25(26)31(2)28(34)20-32-19-22(18-29-32)30-27(33)16-17-35-23-8-4-3-5-9-23/h3-15,18-19H,16-17,20H2,1-2H3,(H,30,33). The number of nitrogens with one attached hydrogen (secondary N) is 1. The monoisotopic (exact) mass is 484 g/mol. The minimum atomic E-state index is -0.198. The molecule has 8 nitrogen and oxygen atoms in total. The SMILES string of the molecule is Cc1ccc(Oc2ccccc2N(C)C(=O)Cn2cc(NC(=O)CCOc3ccccc3)cn2)cc1. The molecule has 0 aliphatic carbocycles. The number of amides is 2. The van der Waals surface area contributed by atoms with Crippen molar-refractivity contribution in [1.29, 1.82) is 0 Å².